The number of hydrogen-bond acceptors (Lipinski definition) is 4. The quantitative estimate of drug-likeness (QED) is 0.606. The maximum absolute atomic E-state index is 13.2. The number of carbonyl (C=O) groups excluding carboxylic acids is 1. The Bertz CT molecular complexity index is 751. The number of ether oxygens (including phenoxy) is 1. The highest BCUT2D eigenvalue weighted by atomic mass is 79.9. The van der Waals surface area contributed by atoms with E-state index in [9.17, 15) is 9.18 Å². The van der Waals surface area contributed by atoms with Crippen LogP contribution in [0.3, 0.4) is 0 Å². The molecule has 0 saturated carbocycles. The summed E-state index contributed by atoms with van der Waals surface area (Å²) >= 11 is 4.82. The Hall–Kier alpha value is -1.79. The fourth-order valence-electron chi connectivity index (χ4n) is 1.69. The molecule has 2 aromatic rings. The van der Waals surface area contributed by atoms with Gasteiger partial charge in [-0.15, -0.1) is 11.3 Å². The van der Waals surface area contributed by atoms with Crippen LogP contribution in [0.4, 0.5) is 4.39 Å². The van der Waals surface area contributed by atoms with E-state index in [2.05, 4.69) is 20.9 Å². The molecule has 3 rings (SSSR count). The van der Waals surface area contributed by atoms with E-state index < -0.39 is 11.8 Å². The maximum Gasteiger partial charge on any atom is 0.363 e. The third-order valence-electron chi connectivity index (χ3n) is 2.56. The van der Waals surface area contributed by atoms with E-state index in [-0.39, 0.29) is 11.6 Å². The molecule has 0 N–H and O–H groups in total. The minimum absolute atomic E-state index is 0.122. The Morgan fingerprint density at radius 1 is 1.35 bits per heavy atom. The molecule has 6 heteroatoms. The molecule has 0 unspecified atom stereocenters. The normalized spacial score (nSPS) is 16.4. The molecule has 0 fully saturated rings. The van der Waals surface area contributed by atoms with Crippen LogP contribution in [-0.4, -0.2) is 11.9 Å². The van der Waals surface area contributed by atoms with Crippen molar-refractivity contribution < 1.29 is 13.9 Å². The molecule has 0 bridgehead atoms. The molecule has 0 radical (unpaired) electrons. The number of halogens is 2. The molecule has 3 nitrogen and oxygen atoms in total. The van der Waals surface area contributed by atoms with Crippen molar-refractivity contribution in [3.05, 3.63) is 62.1 Å². The Labute approximate surface area is 126 Å². The van der Waals surface area contributed by atoms with Gasteiger partial charge < -0.3 is 4.74 Å². The van der Waals surface area contributed by atoms with Crippen molar-refractivity contribution in [1.29, 1.82) is 0 Å². The number of hydrogen-bond donors (Lipinski definition) is 0. The molecule has 0 atom stereocenters. The molecule has 2 heterocycles. The largest absolute Gasteiger partial charge is 0.402 e. The van der Waals surface area contributed by atoms with E-state index in [0.717, 1.165) is 9.35 Å². The first-order valence-corrected chi connectivity index (χ1v) is 7.31. The Balaban J connectivity index is 1.94. The predicted octanol–water partition coefficient (Wildman–Crippen LogP) is 3.99. The highest BCUT2D eigenvalue weighted by molar-refractivity contribution is 9.10. The van der Waals surface area contributed by atoms with Gasteiger partial charge in [-0.1, -0.05) is 6.07 Å². The highest BCUT2D eigenvalue weighted by Crippen LogP contribution is 2.25. The summed E-state index contributed by atoms with van der Waals surface area (Å²) in [5.74, 6) is -0.814. The summed E-state index contributed by atoms with van der Waals surface area (Å²) < 4.78 is 19.2. The molecule has 0 aliphatic carbocycles. The van der Waals surface area contributed by atoms with Gasteiger partial charge in [0.05, 0.1) is 0 Å². The molecule has 0 spiro atoms. The lowest BCUT2D eigenvalue weighted by Crippen LogP contribution is -2.05. The number of nitrogens with zero attached hydrogens (tertiary/aromatic N) is 1. The molecular formula is C14H7BrFNO2S. The van der Waals surface area contributed by atoms with Crippen LogP contribution >= 0.6 is 27.3 Å². The van der Waals surface area contributed by atoms with Gasteiger partial charge in [0, 0.05) is 20.3 Å². The molecular weight excluding hydrogens is 345 g/mol. The van der Waals surface area contributed by atoms with E-state index in [4.69, 9.17) is 4.74 Å². The van der Waals surface area contributed by atoms with Gasteiger partial charge >= 0.3 is 5.97 Å². The second kappa shape index (κ2) is 5.30. The first-order valence-electron chi connectivity index (χ1n) is 5.64. The number of carbonyl (C=O) groups is 1. The summed E-state index contributed by atoms with van der Waals surface area (Å²) in [5, 5.41) is 1.91. The van der Waals surface area contributed by atoms with Crippen molar-refractivity contribution in [2.75, 3.05) is 0 Å². The second-order valence-electron chi connectivity index (χ2n) is 4.01. The fraction of sp³-hybridized carbons (Fsp3) is 0. The molecule has 1 aliphatic heterocycles. The SMILES string of the molecule is O=C1OC(c2cccc(F)c2)=N/C1=C\c1cc(Br)cs1. The van der Waals surface area contributed by atoms with E-state index in [0.29, 0.717) is 5.56 Å². The maximum atomic E-state index is 13.2. The van der Waals surface area contributed by atoms with Crippen LogP contribution in [0.1, 0.15) is 10.4 Å². The fourth-order valence-corrected chi connectivity index (χ4v) is 3.06. The molecule has 100 valence electrons. The van der Waals surface area contributed by atoms with Crippen molar-refractivity contribution in [3.63, 3.8) is 0 Å². The zero-order chi connectivity index (χ0) is 14.1. The summed E-state index contributed by atoms with van der Waals surface area (Å²) in [6.45, 7) is 0. The van der Waals surface area contributed by atoms with Gasteiger partial charge in [-0.25, -0.2) is 14.2 Å². The van der Waals surface area contributed by atoms with Gasteiger partial charge in [-0.2, -0.15) is 0 Å². The summed E-state index contributed by atoms with van der Waals surface area (Å²) in [6, 6.07) is 7.65. The third kappa shape index (κ3) is 2.71. The summed E-state index contributed by atoms with van der Waals surface area (Å²) in [6.07, 6.45) is 1.64. The smallest absolute Gasteiger partial charge is 0.363 e. The molecule has 20 heavy (non-hydrogen) atoms. The lowest BCUT2D eigenvalue weighted by molar-refractivity contribution is -0.129. The van der Waals surface area contributed by atoms with Crippen LogP contribution in [0, 0.1) is 5.82 Å². The zero-order valence-corrected chi connectivity index (χ0v) is 12.4. The van der Waals surface area contributed by atoms with Crippen LogP contribution in [0.15, 0.2) is 50.9 Å². The van der Waals surface area contributed by atoms with Crippen LogP contribution in [0.5, 0.6) is 0 Å². The Morgan fingerprint density at radius 3 is 2.90 bits per heavy atom. The molecule has 1 aliphatic rings. The van der Waals surface area contributed by atoms with Crippen molar-refractivity contribution in [1.82, 2.24) is 0 Å². The number of rotatable bonds is 2. The van der Waals surface area contributed by atoms with E-state index in [1.165, 1.54) is 23.5 Å². The lowest BCUT2D eigenvalue weighted by atomic mass is 10.2. The average molecular weight is 352 g/mol. The van der Waals surface area contributed by atoms with Gasteiger partial charge in [0.25, 0.3) is 0 Å². The number of cyclic esters (lactones) is 1. The second-order valence-corrected chi connectivity index (χ2v) is 5.87. The molecule has 0 saturated heterocycles. The average Bonchev–Trinajstić information content (AvgIpc) is 2.97. The number of esters is 1. The topological polar surface area (TPSA) is 38.7 Å². The van der Waals surface area contributed by atoms with Crippen LogP contribution in [0.2, 0.25) is 0 Å². The van der Waals surface area contributed by atoms with E-state index >= 15 is 0 Å². The van der Waals surface area contributed by atoms with Crippen LogP contribution in [0.25, 0.3) is 6.08 Å². The lowest BCUT2D eigenvalue weighted by Gasteiger charge is -1.98. The number of benzene rings is 1. The van der Waals surface area contributed by atoms with Gasteiger partial charge in [0.2, 0.25) is 5.90 Å². The monoisotopic (exact) mass is 351 g/mol. The minimum Gasteiger partial charge on any atom is -0.402 e. The number of thiophene rings is 1. The third-order valence-corrected chi connectivity index (χ3v) is 4.20. The van der Waals surface area contributed by atoms with Gasteiger partial charge in [0.1, 0.15) is 5.82 Å². The molecule has 1 aromatic heterocycles. The van der Waals surface area contributed by atoms with Crippen LogP contribution < -0.4 is 0 Å². The van der Waals surface area contributed by atoms with Gasteiger partial charge in [-0.05, 0) is 46.3 Å². The van der Waals surface area contributed by atoms with Crippen molar-refractivity contribution in [3.8, 4) is 0 Å². The Kier molecular flexibility index (Phi) is 3.50. The summed E-state index contributed by atoms with van der Waals surface area (Å²) in [4.78, 5) is 16.7. The van der Waals surface area contributed by atoms with Crippen molar-refractivity contribution >= 4 is 45.2 Å². The summed E-state index contributed by atoms with van der Waals surface area (Å²) in [7, 11) is 0. The number of aliphatic imine (C=N–C) groups is 1. The minimum atomic E-state index is -0.534. The van der Waals surface area contributed by atoms with Crippen LogP contribution in [-0.2, 0) is 9.53 Å². The predicted molar refractivity (Wildman–Crippen MR) is 79.0 cm³/mol. The molecule has 1 aromatic carbocycles. The van der Waals surface area contributed by atoms with E-state index in [1.807, 2.05) is 11.4 Å². The van der Waals surface area contributed by atoms with Crippen molar-refractivity contribution in [2.24, 2.45) is 4.99 Å². The summed E-state index contributed by atoms with van der Waals surface area (Å²) in [5.41, 5.74) is 0.646. The Morgan fingerprint density at radius 2 is 2.20 bits per heavy atom. The van der Waals surface area contributed by atoms with Crippen molar-refractivity contribution in [2.45, 2.75) is 0 Å². The zero-order valence-electron chi connectivity index (χ0n) is 9.97. The van der Waals surface area contributed by atoms with E-state index in [1.54, 1.807) is 18.2 Å². The van der Waals surface area contributed by atoms with Gasteiger partial charge in [0.15, 0.2) is 5.70 Å². The first-order chi connectivity index (χ1) is 9.61. The van der Waals surface area contributed by atoms with Gasteiger partial charge in [-0.3, -0.25) is 0 Å². The molecule has 0 amide bonds. The standard InChI is InChI=1S/C14H7BrFNO2S/c15-9-5-11(20-7-9)6-12-14(18)19-13(17-12)8-2-1-3-10(16)4-8/h1-7H/b12-6-. The highest BCUT2D eigenvalue weighted by Gasteiger charge is 2.24. The first kappa shape index (κ1) is 13.2.